The first kappa shape index (κ1) is 17.2. The molecule has 0 amide bonds. The van der Waals surface area contributed by atoms with Crippen molar-refractivity contribution in [2.75, 3.05) is 20.1 Å². The number of hydrogen-bond donors (Lipinski definition) is 1. The minimum Gasteiger partial charge on any atom is -0.372 e. The molecule has 3 heteroatoms. The molecule has 4 atom stereocenters. The molecule has 0 bridgehead atoms. The van der Waals surface area contributed by atoms with E-state index >= 15 is 0 Å². The highest BCUT2D eigenvalue weighted by Gasteiger charge is 2.30. The zero-order valence-corrected chi connectivity index (χ0v) is 14.8. The van der Waals surface area contributed by atoms with Crippen LogP contribution in [0.5, 0.6) is 0 Å². The van der Waals surface area contributed by atoms with Crippen molar-refractivity contribution in [1.82, 2.24) is 10.2 Å². The molecule has 0 spiro atoms. The van der Waals surface area contributed by atoms with Crippen LogP contribution in [0.4, 0.5) is 0 Å². The molecule has 2 aliphatic rings. The molecule has 1 aliphatic carbocycles. The van der Waals surface area contributed by atoms with E-state index in [1.807, 2.05) is 0 Å². The highest BCUT2D eigenvalue weighted by molar-refractivity contribution is 4.84. The van der Waals surface area contributed by atoms with E-state index in [1.165, 1.54) is 38.5 Å². The van der Waals surface area contributed by atoms with E-state index in [4.69, 9.17) is 4.74 Å². The van der Waals surface area contributed by atoms with Gasteiger partial charge in [-0.05, 0) is 59.4 Å². The van der Waals surface area contributed by atoms with Crippen LogP contribution < -0.4 is 5.32 Å². The molecule has 1 saturated heterocycles. The van der Waals surface area contributed by atoms with Gasteiger partial charge in [-0.1, -0.05) is 19.8 Å². The molecule has 1 saturated carbocycles. The van der Waals surface area contributed by atoms with Crippen LogP contribution in [0.2, 0.25) is 0 Å². The Morgan fingerprint density at radius 3 is 2.38 bits per heavy atom. The van der Waals surface area contributed by atoms with Gasteiger partial charge in [-0.25, -0.2) is 0 Å². The topological polar surface area (TPSA) is 24.5 Å². The third-order valence-electron chi connectivity index (χ3n) is 5.18. The van der Waals surface area contributed by atoms with Crippen molar-refractivity contribution in [3.8, 4) is 0 Å². The molecule has 1 aliphatic heterocycles. The molecule has 0 aromatic rings. The fourth-order valence-corrected chi connectivity index (χ4v) is 3.89. The Balaban J connectivity index is 1.72. The minimum absolute atomic E-state index is 0.190. The maximum Gasteiger partial charge on any atom is 0.0707 e. The Morgan fingerprint density at radius 1 is 1.05 bits per heavy atom. The average Bonchev–Trinajstić information content (AvgIpc) is 2.83. The van der Waals surface area contributed by atoms with Crippen LogP contribution in [0.25, 0.3) is 0 Å². The summed E-state index contributed by atoms with van der Waals surface area (Å²) in [7, 11) is 2.30. The Bertz CT molecular complexity index is 313. The van der Waals surface area contributed by atoms with Gasteiger partial charge in [0.05, 0.1) is 12.2 Å². The molecular weight excluding hydrogens is 260 g/mol. The fraction of sp³-hybridized carbons (Fsp3) is 1.00. The molecule has 2 rings (SSSR count). The lowest BCUT2D eigenvalue weighted by Crippen LogP contribution is -2.43. The summed E-state index contributed by atoms with van der Waals surface area (Å²) in [5.41, 5.74) is 0.190. The van der Waals surface area contributed by atoms with Gasteiger partial charge in [0, 0.05) is 24.7 Å². The zero-order chi connectivity index (χ0) is 15.5. The lowest BCUT2D eigenvalue weighted by atomic mass is 9.85. The zero-order valence-electron chi connectivity index (χ0n) is 14.8. The lowest BCUT2D eigenvalue weighted by Gasteiger charge is -2.37. The molecule has 4 unspecified atom stereocenters. The molecule has 0 radical (unpaired) electrons. The Labute approximate surface area is 131 Å². The summed E-state index contributed by atoms with van der Waals surface area (Å²) in [5.74, 6) is 0.850. The predicted molar refractivity (Wildman–Crippen MR) is 89.7 cm³/mol. The molecule has 21 heavy (non-hydrogen) atoms. The average molecular weight is 296 g/mol. The summed E-state index contributed by atoms with van der Waals surface area (Å²) < 4.78 is 6.25. The molecule has 1 N–H and O–H groups in total. The van der Waals surface area contributed by atoms with E-state index in [9.17, 15) is 0 Å². The van der Waals surface area contributed by atoms with Gasteiger partial charge in [-0.2, -0.15) is 0 Å². The lowest BCUT2D eigenvalue weighted by molar-refractivity contribution is 0.00897. The second-order valence-electron chi connectivity index (χ2n) is 8.36. The number of nitrogens with zero attached hydrogens (tertiary/aromatic N) is 1. The molecular formula is C18H36N2O. The van der Waals surface area contributed by atoms with Gasteiger partial charge in [0.25, 0.3) is 0 Å². The second-order valence-corrected chi connectivity index (χ2v) is 8.36. The summed E-state index contributed by atoms with van der Waals surface area (Å²) in [6, 6.07) is 0.772. The molecule has 0 aromatic carbocycles. The van der Waals surface area contributed by atoms with Crippen LogP contribution in [0, 0.1) is 5.92 Å². The normalized spacial score (nSPS) is 34.6. The summed E-state index contributed by atoms with van der Waals surface area (Å²) in [5, 5.41) is 3.57. The molecule has 0 aromatic heterocycles. The van der Waals surface area contributed by atoms with Gasteiger partial charge in [0.2, 0.25) is 0 Å². The van der Waals surface area contributed by atoms with Crippen molar-refractivity contribution in [3.63, 3.8) is 0 Å². The largest absolute Gasteiger partial charge is 0.372 e. The van der Waals surface area contributed by atoms with Crippen LogP contribution in [0.3, 0.4) is 0 Å². The van der Waals surface area contributed by atoms with E-state index in [0.29, 0.717) is 12.2 Å². The standard InChI is InChI=1S/C18H36N2O/c1-14-8-6-7-9-17(14)20(5)13-16-11-10-15(21-16)12-19-18(2,3)4/h14-17,19H,6-13H2,1-5H3. The molecule has 1 heterocycles. The quantitative estimate of drug-likeness (QED) is 0.841. The van der Waals surface area contributed by atoms with Crippen molar-refractivity contribution < 1.29 is 4.74 Å². The van der Waals surface area contributed by atoms with E-state index in [2.05, 4.69) is 45.0 Å². The minimum atomic E-state index is 0.190. The van der Waals surface area contributed by atoms with Crippen LogP contribution in [-0.4, -0.2) is 48.8 Å². The molecule has 124 valence electrons. The highest BCUT2D eigenvalue weighted by atomic mass is 16.5. The second kappa shape index (κ2) is 7.43. The van der Waals surface area contributed by atoms with Gasteiger partial charge in [-0.15, -0.1) is 0 Å². The first-order valence-corrected chi connectivity index (χ1v) is 8.96. The molecule has 3 nitrogen and oxygen atoms in total. The Kier molecular flexibility index (Phi) is 6.10. The van der Waals surface area contributed by atoms with Crippen molar-refractivity contribution in [2.45, 2.75) is 90.0 Å². The summed E-state index contributed by atoms with van der Waals surface area (Å²) in [6.07, 6.45) is 8.89. The third kappa shape index (κ3) is 5.54. The van der Waals surface area contributed by atoms with Crippen LogP contribution in [0.1, 0.15) is 66.2 Å². The first-order valence-electron chi connectivity index (χ1n) is 8.96. The van der Waals surface area contributed by atoms with Gasteiger partial charge in [-0.3, -0.25) is 0 Å². The number of rotatable bonds is 5. The third-order valence-corrected chi connectivity index (χ3v) is 5.18. The maximum atomic E-state index is 6.25. The summed E-state index contributed by atoms with van der Waals surface area (Å²) in [6.45, 7) is 11.2. The predicted octanol–water partition coefficient (Wildman–Crippen LogP) is 3.43. The number of nitrogens with one attached hydrogen (secondary N) is 1. The van der Waals surface area contributed by atoms with Crippen molar-refractivity contribution in [1.29, 1.82) is 0 Å². The Morgan fingerprint density at radius 2 is 1.71 bits per heavy atom. The highest BCUT2D eigenvalue weighted by Crippen LogP contribution is 2.29. The fourth-order valence-electron chi connectivity index (χ4n) is 3.89. The Hall–Kier alpha value is -0.120. The SMILES string of the molecule is CC1CCCCC1N(C)CC1CCC(CNC(C)(C)C)O1. The monoisotopic (exact) mass is 296 g/mol. The molecule has 2 fully saturated rings. The van der Waals surface area contributed by atoms with Gasteiger partial charge in [0.1, 0.15) is 0 Å². The van der Waals surface area contributed by atoms with E-state index in [0.717, 1.165) is 25.0 Å². The number of hydrogen-bond acceptors (Lipinski definition) is 3. The summed E-state index contributed by atoms with van der Waals surface area (Å²) in [4.78, 5) is 2.58. The van der Waals surface area contributed by atoms with Crippen LogP contribution in [0.15, 0.2) is 0 Å². The smallest absolute Gasteiger partial charge is 0.0707 e. The van der Waals surface area contributed by atoms with E-state index in [-0.39, 0.29) is 5.54 Å². The van der Waals surface area contributed by atoms with Crippen molar-refractivity contribution in [3.05, 3.63) is 0 Å². The van der Waals surface area contributed by atoms with E-state index in [1.54, 1.807) is 0 Å². The van der Waals surface area contributed by atoms with Crippen molar-refractivity contribution in [2.24, 2.45) is 5.92 Å². The maximum absolute atomic E-state index is 6.25. The van der Waals surface area contributed by atoms with E-state index < -0.39 is 0 Å². The van der Waals surface area contributed by atoms with Crippen molar-refractivity contribution >= 4 is 0 Å². The van der Waals surface area contributed by atoms with Gasteiger partial charge in [0.15, 0.2) is 0 Å². The summed E-state index contributed by atoms with van der Waals surface area (Å²) >= 11 is 0. The van der Waals surface area contributed by atoms with Crippen LogP contribution >= 0.6 is 0 Å². The number of likely N-dealkylation sites (N-methyl/N-ethyl adjacent to an activating group) is 1. The van der Waals surface area contributed by atoms with Crippen LogP contribution in [-0.2, 0) is 4.74 Å². The van der Waals surface area contributed by atoms with Gasteiger partial charge >= 0.3 is 0 Å². The number of ether oxygens (including phenoxy) is 1. The first-order chi connectivity index (χ1) is 9.85. The van der Waals surface area contributed by atoms with Gasteiger partial charge < -0.3 is 15.0 Å².